The zero-order valence-corrected chi connectivity index (χ0v) is 21.4. The van der Waals surface area contributed by atoms with E-state index in [1.54, 1.807) is 23.0 Å². The van der Waals surface area contributed by atoms with E-state index in [-0.39, 0.29) is 17.2 Å². The average molecular weight is 504 g/mol. The number of hydrogen-bond donors (Lipinski definition) is 1. The summed E-state index contributed by atoms with van der Waals surface area (Å²) in [6.07, 6.45) is 15.0. The van der Waals surface area contributed by atoms with E-state index in [9.17, 15) is 9.18 Å². The van der Waals surface area contributed by atoms with Crippen molar-refractivity contribution >= 4 is 23.1 Å². The molecule has 0 unspecified atom stereocenters. The first-order chi connectivity index (χ1) is 18.0. The number of pyridine rings is 1. The average Bonchev–Trinajstić information content (AvgIpc) is 3.77. The number of hydrogen-bond acceptors (Lipinski definition) is 6. The zero-order chi connectivity index (χ0) is 25.1. The van der Waals surface area contributed by atoms with Gasteiger partial charge in [0.2, 0.25) is 0 Å². The van der Waals surface area contributed by atoms with Gasteiger partial charge in [-0.15, -0.1) is 0 Å². The van der Waals surface area contributed by atoms with Crippen molar-refractivity contribution in [3.8, 4) is 0 Å². The van der Waals surface area contributed by atoms with Crippen LogP contribution in [0.1, 0.15) is 79.2 Å². The Labute approximate surface area is 216 Å². The van der Waals surface area contributed by atoms with Crippen LogP contribution in [0, 0.1) is 18.7 Å². The molecule has 1 N–H and O–H groups in total. The van der Waals surface area contributed by atoms with Crippen molar-refractivity contribution < 1.29 is 9.18 Å². The van der Waals surface area contributed by atoms with E-state index in [1.807, 2.05) is 6.92 Å². The lowest BCUT2D eigenvalue weighted by molar-refractivity contribution is 0.102. The molecule has 8 nitrogen and oxygen atoms in total. The molecule has 3 saturated carbocycles. The Hall–Kier alpha value is -3.07. The van der Waals surface area contributed by atoms with E-state index in [1.165, 1.54) is 51.1 Å². The lowest BCUT2D eigenvalue weighted by atomic mass is 9.82. The van der Waals surface area contributed by atoms with Gasteiger partial charge in [0.25, 0.3) is 5.91 Å². The van der Waals surface area contributed by atoms with Crippen LogP contribution in [0.4, 0.5) is 15.9 Å². The second-order valence-corrected chi connectivity index (χ2v) is 11.5. The molecule has 4 heterocycles. The van der Waals surface area contributed by atoms with Gasteiger partial charge < -0.3 is 14.6 Å². The van der Waals surface area contributed by atoms with Crippen LogP contribution in [-0.4, -0.2) is 61.9 Å². The number of nitrogens with one attached hydrogen (secondary N) is 1. The number of amides is 1. The molecule has 4 fully saturated rings. The van der Waals surface area contributed by atoms with Crippen molar-refractivity contribution in [1.29, 1.82) is 0 Å². The summed E-state index contributed by atoms with van der Waals surface area (Å²) in [4.78, 5) is 32.1. The molecule has 4 aliphatic rings. The van der Waals surface area contributed by atoms with Gasteiger partial charge in [0.15, 0.2) is 17.3 Å². The monoisotopic (exact) mass is 503 g/mol. The van der Waals surface area contributed by atoms with Crippen molar-refractivity contribution in [2.75, 3.05) is 29.9 Å². The molecule has 0 bridgehead atoms. The van der Waals surface area contributed by atoms with Gasteiger partial charge in [-0.3, -0.25) is 9.69 Å². The van der Waals surface area contributed by atoms with Gasteiger partial charge in [-0.1, -0.05) is 6.42 Å². The first kappa shape index (κ1) is 23.1. The van der Waals surface area contributed by atoms with Crippen molar-refractivity contribution in [3.05, 3.63) is 47.6 Å². The lowest BCUT2D eigenvalue weighted by Crippen LogP contribution is -2.35. The summed E-state index contributed by atoms with van der Waals surface area (Å²) in [5.41, 5.74) is 2.55. The SMILES string of the molecule is Cc1cn2cc(NC(=O)c3cnc(N4CC[C@@H](CN(C5CC5)C5CC5)C4)c(C4CCC4)n3)cc(F)c2n1. The molecule has 1 amide bonds. The molecule has 3 aromatic rings. The van der Waals surface area contributed by atoms with Crippen LogP contribution < -0.4 is 10.2 Å². The van der Waals surface area contributed by atoms with Crippen LogP contribution in [-0.2, 0) is 0 Å². The quantitative estimate of drug-likeness (QED) is 0.486. The molecule has 37 heavy (non-hydrogen) atoms. The molecule has 1 saturated heterocycles. The number of nitrogens with zero attached hydrogens (tertiary/aromatic N) is 6. The third-order valence-electron chi connectivity index (χ3n) is 8.47. The number of fused-ring (bicyclic) bond motifs is 1. The summed E-state index contributed by atoms with van der Waals surface area (Å²) < 4.78 is 16.1. The number of halogens is 1. The summed E-state index contributed by atoms with van der Waals surface area (Å²) >= 11 is 0. The zero-order valence-electron chi connectivity index (χ0n) is 21.4. The fourth-order valence-corrected chi connectivity index (χ4v) is 6.03. The Morgan fingerprint density at radius 3 is 2.59 bits per heavy atom. The minimum absolute atomic E-state index is 0.244. The third-order valence-corrected chi connectivity index (χ3v) is 8.47. The van der Waals surface area contributed by atoms with Gasteiger partial charge in [-0.25, -0.2) is 19.3 Å². The molecule has 3 aromatic heterocycles. The van der Waals surface area contributed by atoms with Crippen LogP contribution in [0.15, 0.2) is 24.7 Å². The molecule has 1 atom stereocenters. The summed E-state index contributed by atoms with van der Waals surface area (Å²) in [7, 11) is 0. The molecule has 1 aliphatic heterocycles. The maximum absolute atomic E-state index is 14.5. The summed E-state index contributed by atoms with van der Waals surface area (Å²) in [6, 6.07) is 2.96. The smallest absolute Gasteiger partial charge is 0.275 e. The van der Waals surface area contributed by atoms with Crippen molar-refractivity contribution in [2.45, 2.75) is 76.3 Å². The van der Waals surface area contributed by atoms with Crippen LogP contribution in [0.5, 0.6) is 0 Å². The second kappa shape index (κ2) is 9.04. The van der Waals surface area contributed by atoms with Crippen molar-refractivity contribution in [3.63, 3.8) is 0 Å². The summed E-state index contributed by atoms with van der Waals surface area (Å²) in [5.74, 6) is 1.12. The first-order valence-electron chi connectivity index (χ1n) is 13.9. The highest BCUT2D eigenvalue weighted by atomic mass is 19.1. The predicted molar refractivity (Wildman–Crippen MR) is 140 cm³/mol. The topological polar surface area (TPSA) is 78.7 Å². The fourth-order valence-electron chi connectivity index (χ4n) is 6.03. The Morgan fingerprint density at radius 1 is 1.11 bits per heavy atom. The molecule has 194 valence electrons. The number of carbonyl (C=O) groups excluding carboxylic acids is 1. The van der Waals surface area contributed by atoms with Gasteiger partial charge in [-0.05, 0) is 57.8 Å². The largest absolute Gasteiger partial charge is 0.355 e. The van der Waals surface area contributed by atoms with Crippen LogP contribution >= 0.6 is 0 Å². The maximum Gasteiger partial charge on any atom is 0.275 e. The number of carbonyl (C=O) groups is 1. The molecule has 7 rings (SSSR count). The van der Waals surface area contributed by atoms with Crippen molar-refractivity contribution in [1.82, 2.24) is 24.3 Å². The van der Waals surface area contributed by atoms with Gasteiger partial charge in [-0.2, -0.15) is 0 Å². The number of anilines is 2. The van der Waals surface area contributed by atoms with Gasteiger partial charge in [0.1, 0.15) is 5.69 Å². The highest BCUT2D eigenvalue weighted by molar-refractivity contribution is 6.02. The molecular formula is C28H34FN7O. The van der Waals surface area contributed by atoms with Gasteiger partial charge in [0.05, 0.1) is 23.3 Å². The molecule has 0 radical (unpaired) electrons. The Kier molecular flexibility index (Phi) is 5.64. The Balaban J connectivity index is 1.09. The molecule has 0 spiro atoms. The van der Waals surface area contributed by atoms with E-state index < -0.39 is 5.82 Å². The van der Waals surface area contributed by atoms with Crippen molar-refractivity contribution in [2.24, 2.45) is 5.92 Å². The summed E-state index contributed by atoms with van der Waals surface area (Å²) in [5, 5.41) is 2.80. The number of aryl methyl sites for hydroxylation is 1. The third kappa shape index (κ3) is 4.58. The second-order valence-electron chi connectivity index (χ2n) is 11.5. The predicted octanol–water partition coefficient (Wildman–Crippen LogP) is 4.54. The molecular weight excluding hydrogens is 469 g/mol. The minimum atomic E-state index is -0.479. The number of aromatic nitrogens is 4. The normalized spacial score (nSPS) is 22.1. The highest BCUT2D eigenvalue weighted by Crippen LogP contribution is 2.41. The molecule has 0 aromatic carbocycles. The highest BCUT2D eigenvalue weighted by Gasteiger charge is 2.41. The molecule has 3 aliphatic carbocycles. The van der Waals surface area contributed by atoms with E-state index >= 15 is 0 Å². The maximum atomic E-state index is 14.5. The van der Waals surface area contributed by atoms with Crippen LogP contribution in [0.2, 0.25) is 0 Å². The minimum Gasteiger partial charge on any atom is -0.355 e. The van der Waals surface area contributed by atoms with E-state index in [4.69, 9.17) is 9.97 Å². The van der Waals surface area contributed by atoms with Crippen LogP contribution in [0.3, 0.4) is 0 Å². The van der Waals surface area contributed by atoms with Crippen LogP contribution in [0.25, 0.3) is 5.65 Å². The summed E-state index contributed by atoms with van der Waals surface area (Å²) in [6.45, 7) is 5.02. The standard InChI is InChI=1S/C28H34FN7O/c1-17-13-35-16-20(11-23(29)26(35)31-17)32-28(37)24-12-30-27(25(33-24)19-3-2-4-19)34-10-9-18(14-34)15-36(21-5-6-21)22-7-8-22/h11-13,16,18-19,21-22H,2-10,14-15H2,1H3,(H,32,37)/t18-/m1/s1. The number of imidazole rings is 1. The first-order valence-corrected chi connectivity index (χ1v) is 13.9. The lowest BCUT2D eigenvalue weighted by Gasteiger charge is -2.30. The van der Waals surface area contributed by atoms with Gasteiger partial charge >= 0.3 is 0 Å². The molecule has 9 heteroatoms. The Morgan fingerprint density at radius 2 is 1.89 bits per heavy atom. The van der Waals surface area contributed by atoms with E-state index in [2.05, 4.69) is 20.1 Å². The Bertz CT molecular complexity index is 1330. The number of rotatable bonds is 8. The van der Waals surface area contributed by atoms with E-state index in [0.717, 1.165) is 49.5 Å². The fraction of sp³-hybridized carbons (Fsp3) is 0.571. The van der Waals surface area contributed by atoms with E-state index in [0.29, 0.717) is 23.2 Å². The van der Waals surface area contributed by atoms with Gasteiger partial charge in [0, 0.05) is 56.1 Å².